The Kier molecular flexibility index (Phi) is 6.06. The Morgan fingerprint density at radius 3 is 2.54 bits per heavy atom. The van der Waals surface area contributed by atoms with Crippen LogP contribution in [0.4, 0.5) is 0 Å². The van der Waals surface area contributed by atoms with Crippen LogP contribution in [0.5, 0.6) is 0 Å². The molecular formula is C17H22N4O3. The maximum atomic E-state index is 11.8. The molecule has 7 heteroatoms. The van der Waals surface area contributed by atoms with E-state index in [1.807, 2.05) is 0 Å². The van der Waals surface area contributed by atoms with Gasteiger partial charge in [-0.15, -0.1) is 5.10 Å². The molecule has 7 nitrogen and oxygen atoms in total. The molecule has 0 spiro atoms. The zero-order valence-electron chi connectivity index (χ0n) is 13.9. The van der Waals surface area contributed by atoms with Crippen molar-refractivity contribution in [2.24, 2.45) is 0 Å². The number of nitrogens with one attached hydrogen (secondary N) is 1. The molecule has 1 aromatic heterocycles. The summed E-state index contributed by atoms with van der Waals surface area (Å²) in [6.45, 7) is 4.85. The average molecular weight is 330 g/mol. The van der Waals surface area contributed by atoms with Gasteiger partial charge >= 0.3 is 5.97 Å². The number of benzene rings is 1. The lowest BCUT2D eigenvalue weighted by Crippen LogP contribution is -2.28. The van der Waals surface area contributed by atoms with Crippen molar-refractivity contribution in [3.63, 3.8) is 0 Å². The number of hydrogen-bond acceptors (Lipinski definition) is 4. The number of carboxylic acids is 1. The predicted molar refractivity (Wildman–Crippen MR) is 88.8 cm³/mol. The number of aromatic carboxylic acids is 1. The van der Waals surface area contributed by atoms with E-state index in [0.717, 1.165) is 12.8 Å². The first kappa shape index (κ1) is 17.7. The van der Waals surface area contributed by atoms with Crippen LogP contribution in [0, 0.1) is 0 Å². The Morgan fingerprint density at radius 1 is 1.25 bits per heavy atom. The fourth-order valence-electron chi connectivity index (χ4n) is 2.27. The van der Waals surface area contributed by atoms with Gasteiger partial charge in [-0.05, 0) is 29.9 Å². The molecule has 0 aliphatic carbocycles. The number of aryl methyl sites for hydroxylation is 1. The molecule has 0 saturated carbocycles. The molecule has 24 heavy (non-hydrogen) atoms. The van der Waals surface area contributed by atoms with E-state index in [2.05, 4.69) is 53.7 Å². The minimum absolute atomic E-state index is 0.0383. The molecule has 0 fully saturated rings. The second-order valence-electron chi connectivity index (χ2n) is 5.96. The minimum Gasteiger partial charge on any atom is -0.476 e. The summed E-state index contributed by atoms with van der Waals surface area (Å²) in [5, 5.41) is 18.6. The van der Waals surface area contributed by atoms with Gasteiger partial charge in [-0.3, -0.25) is 4.79 Å². The molecule has 0 unspecified atom stereocenters. The van der Waals surface area contributed by atoms with E-state index >= 15 is 0 Å². The fraction of sp³-hybridized carbons (Fsp3) is 0.412. The third-order valence-electron chi connectivity index (χ3n) is 3.67. The van der Waals surface area contributed by atoms with Gasteiger partial charge in [0.05, 0.1) is 6.20 Å². The Bertz CT molecular complexity index is 692. The Labute approximate surface area is 140 Å². The van der Waals surface area contributed by atoms with Crippen LogP contribution in [0.25, 0.3) is 0 Å². The molecule has 0 aliphatic heterocycles. The number of nitrogens with zero attached hydrogens (tertiary/aromatic N) is 3. The summed E-state index contributed by atoms with van der Waals surface area (Å²) in [6, 6.07) is 8.53. The highest BCUT2D eigenvalue weighted by atomic mass is 16.4. The number of carbonyl (C=O) groups is 2. The van der Waals surface area contributed by atoms with Crippen molar-refractivity contribution >= 4 is 11.9 Å². The summed E-state index contributed by atoms with van der Waals surface area (Å²) in [5.74, 6) is -0.853. The lowest BCUT2D eigenvalue weighted by Gasteiger charge is -2.08. The molecule has 0 aliphatic rings. The van der Waals surface area contributed by atoms with Gasteiger partial charge in [0.1, 0.15) is 6.54 Å². The van der Waals surface area contributed by atoms with E-state index in [1.54, 1.807) is 0 Å². The number of carbonyl (C=O) groups excluding carboxylic acids is 1. The molecule has 0 atom stereocenters. The third-order valence-corrected chi connectivity index (χ3v) is 3.67. The summed E-state index contributed by atoms with van der Waals surface area (Å²) in [5.41, 5.74) is 2.39. The second-order valence-corrected chi connectivity index (χ2v) is 5.96. The topological polar surface area (TPSA) is 97.1 Å². The highest BCUT2D eigenvalue weighted by Crippen LogP contribution is 2.15. The van der Waals surface area contributed by atoms with Crippen molar-refractivity contribution < 1.29 is 14.7 Å². The van der Waals surface area contributed by atoms with Crippen LogP contribution in [0.2, 0.25) is 0 Å². The van der Waals surface area contributed by atoms with Crippen LogP contribution in [0.3, 0.4) is 0 Å². The first-order chi connectivity index (χ1) is 11.5. The molecule has 2 aromatic rings. The second kappa shape index (κ2) is 8.24. The van der Waals surface area contributed by atoms with E-state index in [4.69, 9.17) is 5.11 Å². The van der Waals surface area contributed by atoms with Crippen molar-refractivity contribution in [2.45, 2.75) is 39.2 Å². The van der Waals surface area contributed by atoms with Crippen molar-refractivity contribution in [2.75, 3.05) is 6.54 Å². The zero-order chi connectivity index (χ0) is 17.5. The van der Waals surface area contributed by atoms with E-state index in [-0.39, 0.29) is 18.1 Å². The average Bonchev–Trinajstić information content (AvgIpc) is 3.00. The molecule has 1 heterocycles. The quantitative estimate of drug-likeness (QED) is 0.720. The molecule has 0 bridgehead atoms. The van der Waals surface area contributed by atoms with Gasteiger partial charge in [-0.1, -0.05) is 43.3 Å². The monoisotopic (exact) mass is 330 g/mol. The van der Waals surface area contributed by atoms with Crippen molar-refractivity contribution in [3.8, 4) is 0 Å². The Morgan fingerprint density at radius 2 is 1.96 bits per heavy atom. The van der Waals surface area contributed by atoms with E-state index in [9.17, 15) is 9.59 Å². The number of carboxylic acid groups (broad SMARTS) is 1. The van der Waals surface area contributed by atoms with Gasteiger partial charge in [0.25, 0.3) is 0 Å². The minimum atomic E-state index is -1.16. The van der Waals surface area contributed by atoms with Crippen molar-refractivity contribution in [1.82, 2.24) is 20.3 Å². The molecule has 128 valence electrons. The molecule has 2 rings (SSSR count). The molecule has 0 saturated heterocycles. The van der Waals surface area contributed by atoms with Gasteiger partial charge in [0.2, 0.25) is 5.91 Å². The zero-order valence-corrected chi connectivity index (χ0v) is 13.9. The van der Waals surface area contributed by atoms with Crippen molar-refractivity contribution in [3.05, 3.63) is 47.3 Å². The van der Waals surface area contributed by atoms with Gasteiger partial charge in [-0.2, -0.15) is 0 Å². The Hall–Kier alpha value is -2.70. The van der Waals surface area contributed by atoms with E-state index in [0.29, 0.717) is 12.5 Å². The predicted octanol–water partition coefficient (Wildman–Crippen LogP) is 1.85. The number of amides is 1. The smallest absolute Gasteiger partial charge is 0.358 e. The van der Waals surface area contributed by atoms with Crippen LogP contribution >= 0.6 is 0 Å². The van der Waals surface area contributed by atoms with Crippen LogP contribution in [0.15, 0.2) is 30.5 Å². The normalized spacial score (nSPS) is 10.8. The lowest BCUT2D eigenvalue weighted by atomic mass is 10.0. The summed E-state index contributed by atoms with van der Waals surface area (Å²) >= 11 is 0. The number of rotatable bonds is 8. The first-order valence-electron chi connectivity index (χ1n) is 7.94. The molecule has 1 amide bonds. The molecular weight excluding hydrogens is 308 g/mol. The number of hydrogen-bond donors (Lipinski definition) is 2. The largest absolute Gasteiger partial charge is 0.476 e. The van der Waals surface area contributed by atoms with Crippen LogP contribution in [-0.2, 0) is 17.8 Å². The molecule has 1 aromatic carbocycles. The number of aromatic nitrogens is 3. The van der Waals surface area contributed by atoms with E-state index < -0.39 is 5.97 Å². The first-order valence-corrected chi connectivity index (χ1v) is 7.94. The SMILES string of the molecule is CC(C)c1ccc(CCCNC(=O)Cn2cc(C(=O)O)nn2)cc1. The summed E-state index contributed by atoms with van der Waals surface area (Å²) in [7, 11) is 0. The highest BCUT2D eigenvalue weighted by Gasteiger charge is 2.10. The van der Waals surface area contributed by atoms with Crippen LogP contribution in [-0.4, -0.2) is 38.5 Å². The maximum Gasteiger partial charge on any atom is 0.358 e. The summed E-state index contributed by atoms with van der Waals surface area (Å²) in [6.07, 6.45) is 2.97. The van der Waals surface area contributed by atoms with Gasteiger partial charge in [0.15, 0.2) is 5.69 Å². The summed E-state index contributed by atoms with van der Waals surface area (Å²) < 4.78 is 1.21. The van der Waals surface area contributed by atoms with Gasteiger partial charge in [0, 0.05) is 6.54 Å². The van der Waals surface area contributed by atoms with Crippen LogP contribution in [0.1, 0.15) is 47.8 Å². The fourth-order valence-corrected chi connectivity index (χ4v) is 2.27. The lowest BCUT2D eigenvalue weighted by molar-refractivity contribution is -0.121. The van der Waals surface area contributed by atoms with Crippen LogP contribution < -0.4 is 5.32 Å². The van der Waals surface area contributed by atoms with Gasteiger partial charge in [-0.25, -0.2) is 9.48 Å². The molecule has 2 N–H and O–H groups in total. The maximum absolute atomic E-state index is 11.8. The highest BCUT2D eigenvalue weighted by molar-refractivity contribution is 5.84. The summed E-state index contributed by atoms with van der Waals surface area (Å²) in [4.78, 5) is 22.5. The third kappa shape index (κ3) is 5.19. The van der Waals surface area contributed by atoms with E-state index in [1.165, 1.54) is 22.0 Å². The Balaban J connectivity index is 1.69. The van der Waals surface area contributed by atoms with Gasteiger partial charge < -0.3 is 10.4 Å². The molecule has 0 radical (unpaired) electrons. The standard InChI is InChI=1S/C17H22N4O3/c1-12(2)14-7-5-13(6-8-14)4-3-9-18-16(22)11-21-10-15(17(23)24)19-20-21/h5-8,10,12H,3-4,9,11H2,1-2H3,(H,18,22)(H,23,24). The van der Waals surface area contributed by atoms with Crippen molar-refractivity contribution in [1.29, 1.82) is 0 Å².